The molecule has 0 aliphatic carbocycles. The fourth-order valence-corrected chi connectivity index (χ4v) is 3.69. The molecule has 32 heavy (non-hydrogen) atoms. The van der Waals surface area contributed by atoms with Crippen LogP contribution < -0.4 is 10.6 Å². The first-order valence-electron chi connectivity index (χ1n) is 10.0. The van der Waals surface area contributed by atoms with Gasteiger partial charge < -0.3 is 10.6 Å². The Morgan fingerprint density at radius 1 is 1.06 bits per heavy atom. The number of halogens is 2. The summed E-state index contributed by atoms with van der Waals surface area (Å²) in [6.45, 7) is 5.80. The quantitative estimate of drug-likeness (QED) is 0.390. The van der Waals surface area contributed by atoms with Crippen molar-refractivity contribution in [2.75, 3.05) is 10.6 Å². The number of nitrogens with zero attached hydrogens (tertiary/aromatic N) is 6. The van der Waals surface area contributed by atoms with Crippen LogP contribution in [0.25, 0.3) is 0 Å². The highest BCUT2D eigenvalue weighted by Gasteiger charge is 2.12. The zero-order valence-electron chi connectivity index (χ0n) is 17.6. The van der Waals surface area contributed by atoms with Gasteiger partial charge >= 0.3 is 0 Å². The standard InChI is InChI=1S/C21H22ClFN8S/c1-3-31-14(2)16(8-25-31)11-29-12-17(9-24-29)26-21(32)27-20-18(22)13-30(28-20)10-15-6-4-5-7-19(15)23/h4-9,12-13H,3,10-11H2,1-2H3,(H2,26,27,28,32). The number of nitrogens with one attached hydrogen (secondary N) is 2. The fourth-order valence-electron chi connectivity index (χ4n) is 3.28. The average Bonchev–Trinajstić information content (AvgIpc) is 3.44. The van der Waals surface area contributed by atoms with E-state index in [0.29, 0.717) is 28.1 Å². The van der Waals surface area contributed by atoms with Crippen molar-refractivity contribution in [2.24, 2.45) is 0 Å². The van der Waals surface area contributed by atoms with Crippen LogP contribution in [0.2, 0.25) is 5.02 Å². The Bertz CT molecular complexity index is 1240. The van der Waals surface area contributed by atoms with E-state index in [1.807, 2.05) is 28.7 Å². The molecule has 2 N–H and O–H groups in total. The van der Waals surface area contributed by atoms with E-state index in [0.717, 1.165) is 23.5 Å². The van der Waals surface area contributed by atoms with Gasteiger partial charge in [0, 0.05) is 35.8 Å². The van der Waals surface area contributed by atoms with Crippen molar-refractivity contribution in [3.05, 3.63) is 76.7 Å². The summed E-state index contributed by atoms with van der Waals surface area (Å²) in [5.41, 5.74) is 3.47. The Morgan fingerprint density at radius 3 is 2.59 bits per heavy atom. The topological polar surface area (TPSA) is 77.5 Å². The number of benzene rings is 1. The molecule has 3 aromatic heterocycles. The molecule has 0 saturated carbocycles. The van der Waals surface area contributed by atoms with E-state index >= 15 is 0 Å². The van der Waals surface area contributed by atoms with Crippen LogP contribution in [0.3, 0.4) is 0 Å². The van der Waals surface area contributed by atoms with Crippen LogP contribution in [-0.4, -0.2) is 34.5 Å². The molecule has 11 heteroatoms. The lowest BCUT2D eigenvalue weighted by Crippen LogP contribution is -2.19. The van der Waals surface area contributed by atoms with Gasteiger partial charge in [-0.25, -0.2) is 4.39 Å². The lowest BCUT2D eigenvalue weighted by Gasteiger charge is -2.07. The highest BCUT2D eigenvalue weighted by Crippen LogP contribution is 2.21. The molecule has 0 atom stereocenters. The van der Waals surface area contributed by atoms with Gasteiger partial charge in [-0.1, -0.05) is 29.8 Å². The van der Waals surface area contributed by atoms with E-state index in [2.05, 4.69) is 32.9 Å². The smallest absolute Gasteiger partial charge is 0.176 e. The molecule has 0 unspecified atom stereocenters. The lowest BCUT2D eigenvalue weighted by atomic mass is 10.2. The maximum absolute atomic E-state index is 13.9. The number of aromatic nitrogens is 6. The summed E-state index contributed by atoms with van der Waals surface area (Å²) in [6, 6.07) is 6.54. The first-order valence-corrected chi connectivity index (χ1v) is 10.8. The minimum Gasteiger partial charge on any atom is -0.330 e. The number of thiocarbonyl (C=S) groups is 1. The Kier molecular flexibility index (Phi) is 6.52. The van der Waals surface area contributed by atoms with Gasteiger partial charge in [0.15, 0.2) is 10.9 Å². The predicted molar refractivity (Wildman–Crippen MR) is 127 cm³/mol. The molecule has 0 spiro atoms. The molecule has 0 bridgehead atoms. The minimum absolute atomic E-state index is 0.259. The molecule has 1 aromatic carbocycles. The van der Waals surface area contributed by atoms with Crippen LogP contribution in [0.5, 0.6) is 0 Å². The molecule has 0 aliphatic rings. The van der Waals surface area contributed by atoms with Crippen molar-refractivity contribution < 1.29 is 4.39 Å². The van der Waals surface area contributed by atoms with Gasteiger partial charge in [-0.2, -0.15) is 15.3 Å². The van der Waals surface area contributed by atoms with Crippen LogP contribution in [0.1, 0.15) is 23.7 Å². The van der Waals surface area contributed by atoms with Crippen molar-refractivity contribution in [1.82, 2.24) is 29.3 Å². The number of anilines is 2. The molecule has 0 aliphatic heterocycles. The predicted octanol–water partition coefficient (Wildman–Crippen LogP) is 4.30. The maximum atomic E-state index is 13.9. The third kappa shape index (κ3) is 4.97. The second kappa shape index (κ2) is 9.49. The van der Waals surface area contributed by atoms with E-state index < -0.39 is 0 Å². The van der Waals surface area contributed by atoms with E-state index in [9.17, 15) is 4.39 Å². The number of hydrogen-bond acceptors (Lipinski definition) is 4. The van der Waals surface area contributed by atoms with Gasteiger partial charge in [-0.15, -0.1) is 0 Å². The second-order valence-electron chi connectivity index (χ2n) is 7.19. The molecule has 4 rings (SSSR count). The zero-order valence-corrected chi connectivity index (χ0v) is 19.2. The summed E-state index contributed by atoms with van der Waals surface area (Å²) >= 11 is 11.6. The highest BCUT2D eigenvalue weighted by molar-refractivity contribution is 7.80. The van der Waals surface area contributed by atoms with Crippen LogP contribution in [0.15, 0.2) is 49.1 Å². The van der Waals surface area contributed by atoms with Gasteiger partial charge in [0.05, 0.1) is 31.2 Å². The summed E-state index contributed by atoms with van der Waals surface area (Å²) in [4.78, 5) is 0. The fraction of sp³-hybridized carbons (Fsp3) is 0.238. The Morgan fingerprint density at radius 2 is 1.84 bits per heavy atom. The molecule has 0 fully saturated rings. The zero-order chi connectivity index (χ0) is 22.7. The summed E-state index contributed by atoms with van der Waals surface area (Å²) in [6.07, 6.45) is 7.02. The molecule has 8 nitrogen and oxygen atoms in total. The Labute approximate surface area is 195 Å². The van der Waals surface area contributed by atoms with E-state index in [1.165, 1.54) is 6.07 Å². The summed E-state index contributed by atoms with van der Waals surface area (Å²) < 4.78 is 19.2. The van der Waals surface area contributed by atoms with Gasteiger partial charge in [0.1, 0.15) is 10.8 Å². The maximum Gasteiger partial charge on any atom is 0.176 e. The van der Waals surface area contributed by atoms with E-state index in [-0.39, 0.29) is 12.4 Å². The van der Waals surface area contributed by atoms with Crippen molar-refractivity contribution in [1.29, 1.82) is 0 Å². The first kappa shape index (κ1) is 22.0. The monoisotopic (exact) mass is 472 g/mol. The third-order valence-corrected chi connectivity index (χ3v) is 5.45. The molecular weight excluding hydrogens is 451 g/mol. The molecule has 166 valence electrons. The van der Waals surface area contributed by atoms with Crippen LogP contribution in [0, 0.1) is 12.7 Å². The summed E-state index contributed by atoms with van der Waals surface area (Å²) in [5.74, 6) is 0.0931. The van der Waals surface area contributed by atoms with Crippen molar-refractivity contribution >= 4 is 40.4 Å². The van der Waals surface area contributed by atoms with Crippen molar-refractivity contribution in [3.63, 3.8) is 0 Å². The number of hydrogen-bond donors (Lipinski definition) is 2. The molecule has 3 heterocycles. The summed E-state index contributed by atoms with van der Waals surface area (Å²) in [7, 11) is 0. The number of rotatable bonds is 7. The van der Waals surface area contributed by atoms with E-state index in [4.69, 9.17) is 23.8 Å². The van der Waals surface area contributed by atoms with Crippen molar-refractivity contribution in [2.45, 2.75) is 33.5 Å². The summed E-state index contributed by atoms with van der Waals surface area (Å²) in [5, 5.41) is 19.8. The normalized spacial score (nSPS) is 11.0. The van der Waals surface area contributed by atoms with Gasteiger partial charge in [0.25, 0.3) is 0 Å². The SMILES string of the molecule is CCn1ncc(Cn2cc(NC(=S)Nc3nn(Cc4ccccc4F)cc3Cl)cn2)c1C. The van der Waals surface area contributed by atoms with Gasteiger partial charge in [0.2, 0.25) is 0 Å². The minimum atomic E-state index is -0.292. The molecular formula is C21H22ClFN8S. The third-order valence-electron chi connectivity index (χ3n) is 4.97. The molecule has 4 aromatic rings. The Balaban J connectivity index is 1.36. The first-order chi connectivity index (χ1) is 15.4. The lowest BCUT2D eigenvalue weighted by molar-refractivity contribution is 0.586. The van der Waals surface area contributed by atoms with Crippen molar-refractivity contribution in [3.8, 4) is 0 Å². The van der Waals surface area contributed by atoms with Crippen LogP contribution >= 0.6 is 23.8 Å². The number of aryl methyl sites for hydroxylation is 1. The molecule has 0 amide bonds. The van der Waals surface area contributed by atoms with Crippen LogP contribution in [0.4, 0.5) is 15.9 Å². The average molecular weight is 473 g/mol. The van der Waals surface area contributed by atoms with E-state index in [1.54, 1.807) is 35.3 Å². The second-order valence-corrected chi connectivity index (χ2v) is 8.01. The van der Waals surface area contributed by atoms with Crippen LogP contribution in [-0.2, 0) is 19.6 Å². The van der Waals surface area contributed by atoms with Gasteiger partial charge in [-0.05, 0) is 32.1 Å². The highest BCUT2D eigenvalue weighted by atomic mass is 35.5. The molecule has 0 radical (unpaired) electrons. The Hall–Kier alpha value is -3.24. The molecule has 0 saturated heterocycles. The van der Waals surface area contributed by atoms with Gasteiger partial charge in [-0.3, -0.25) is 14.0 Å². The largest absolute Gasteiger partial charge is 0.330 e.